The average Bonchev–Trinajstić information content (AvgIpc) is 2.89. The number of thiocarbonyl (C=S) groups is 1. The van der Waals surface area contributed by atoms with Crippen molar-refractivity contribution in [3.05, 3.63) is 57.9 Å². The standard InChI is InChI=1S/C18H18N4O2S2/c1-4-8-19-15-12(16(23)21-9-6-5-7-14(21)20-15)10-13-17(24)22(11(2)3)18(25)26-13/h4-7,9-11,19H,1,8H2,2-3H3. The van der Waals surface area contributed by atoms with Gasteiger partial charge in [-0.25, -0.2) is 4.98 Å². The Kier molecular flexibility index (Phi) is 5.24. The molecule has 2 aromatic rings. The number of anilines is 1. The van der Waals surface area contributed by atoms with Crippen LogP contribution in [0.2, 0.25) is 0 Å². The van der Waals surface area contributed by atoms with Gasteiger partial charge in [-0.05, 0) is 32.1 Å². The topological polar surface area (TPSA) is 66.7 Å². The molecule has 0 spiro atoms. The maximum absolute atomic E-state index is 12.9. The van der Waals surface area contributed by atoms with Gasteiger partial charge in [-0.2, -0.15) is 0 Å². The van der Waals surface area contributed by atoms with Crippen molar-refractivity contribution in [3.8, 4) is 0 Å². The van der Waals surface area contributed by atoms with Crippen LogP contribution in [0.4, 0.5) is 5.82 Å². The monoisotopic (exact) mass is 386 g/mol. The van der Waals surface area contributed by atoms with E-state index in [1.807, 2.05) is 19.9 Å². The fourth-order valence-electron chi connectivity index (χ4n) is 2.59. The summed E-state index contributed by atoms with van der Waals surface area (Å²) in [5.74, 6) is 0.221. The molecule has 0 atom stereocenters. The van der Waals surface area contributed by atoms with Crippen molar-refractivity contribution in [1.29, 1.82) is 0 Å². The van der Waals surface area contributed by atoms with Crippen LogP contribution in [0.15, 0.2) is 46.8 Å². The number of thioether (sulfide) groups is 1. The lowest BCUT2D eigenvalue weighted by molar-refractivity contribution is -0.123. The largest absolute Gasteiger partial charge is 0.366 e. The van der Waals surface area contributed by atoms with E-state index < -0.39 is 0 Å². The number of amides is 1. The van der Waals surface area contributed by atoms with Crippen molar-refractivity contribution in [1.82, 2.24) is 14.3 Å². The summed E-state index contributed by atoms with van der Waals surface area (Å²) in [6.07, 6.45) is 4.90. The maximum Gasteiger partial charge on any atom is 0.267 e. The lowest BCUT2D eigenvalue weighted by Gasteiger charge is -2.18. The number of carbonyl (C=O) groups is 1. The highest BCUT2D eigenvalue weighted by molar-refractivity contribution is 8.26. The third kappa shape index (κ3) is 3.30. The van der Waals surface area contributed by atoms with Crippen LogP contribution in [0.3, 0.4) is 0 Å². The second-order valence-corrected chi connectivity index (χ2v) is 7.60. The SMILES string of the molecule is C=CCNc1nc2ccccn2c(=O)c1C=C1SC(=S)N(C(C)C)C1=O. The first-order valence-corrected chi connectivity index (χ1v) is 9.29. The molecule has 134 valence electrons. The Labute approximate surface area is 160 Å². The van der Waals surface area contributed by atoms with E-state index >= 15 is 0 Å². The van der Waals surface area contributed by atoms with Crippen molar-refractivity contribution in [2.45, 2.75) is 19.9 Å². The summed E-state index contributed by atoms with van der Waals surface area (Å²) in [6.45, 7) is 7.92. The van der Waals surface area contributed by atoms with Crippen LogP contribution < -0.4 is 10.9 Å². The molecule has 0 unspecified atom stereocenters. The first-order chi connectivity index (χ1) is 12.4. The molecule has 0 radical (unpaired) electrons. The highest BCUT2D eigenvalue weighted by atomic mass is 32.2. The van der Waals surface area contributed by atoms with Gasteiger partial charge in [0.2, 0.25) is 0 Å². The van der Waals surface area contributed by atoms with Crippen LogP contribution >= 0.6 is 24.0 Å². The third-order valence-electron chi connectivity index (χ3n) is 3.80. The van der Waals surface area contributed by atoms with Crippen LogP contribution in [0.25, 0.3) is 11.7 Å². The normalized spacial score (nSPS) is 16.1. The lowest BCUT2D eigenvalue weighted by atomic mass is 10.2. The molecule has 1 saturated heterocycles. The molecule has 1 aliphatic rings. The van der Waals surface area contributed by atoms with Crippen LogP contribution in [0, 0.1) is 0 Å². The molecule has 1 amide bonds. The lowest BCUT2D eigenvalue weighted by Crippen LogP contribution is -2.34. The number of nitrogens with one attached hydrogen (secondary N) is 1. The molecule has 0 aromatic carbocycles. The summed E-state index contributed by atoms with van der Waals surface area (Å²) in [5, 5.41) is 3.08. The number of nitrogens with zero attached hydrogens (tertiary/aromatic N) is 3. The number of fused-ring (bicyclic) bond motifs is 1. The van der Waals surface area contributed by atoms with Gasteiger partial charge in [0.15, 0.2) is 0 Å². The van der Waals surface area contributed by atoms with Crippen LogP contribution in [0.5, 0.6) is 0 Å². The summed E-state index contributed by atoms with van der Waals surface area (Å²) >= 11 is 6.50. The van der Waals surface area contributed by atoms with E-state index in [4.69, 9.17) is 12.2 Å². The predicted molar refractivity (Wildman–Crippen MR) is 110 cm³/mol. The summed E-state index contributed by atoms with van der Waals surface area (Å²) in [7, 11) is 0. The van der Waals surface area contributed by atoms with Gasteiger partial charge in [-0.3, -0.25) is 18.9 Å². The smallest absolute Gasteiger partial charge is 0.267 e. The molecule has 1 N–H and O–H groups in total. The average molecular weight is 387 g/mol. The number of aromatic nitrogens is 2. The highest BCUT2D eigenvalue weighted by Crippen LogP contribution is 2.34. The molecule has 2 aromatic heterocycles. The fourth-order valence-corrected chi connectivity index (χ4v) is 4.10. The Bertz CT molecular complexity index is 994. The minimum atomic E-state index is -0.253. The Morgan fingerprint density at radius 3 is 2.81 bits per heavy atom. The van der Waals surface area contributed by atoms with Gasteiger partial charge in [-0.15, -0.1) is 6.58 Å². The van der Waals surface area contributed by atoms with Gasteiger partial charge in [-0.1, -0.05) is 36.1 Å². The molecular formula is C18H18N4O2S2. The molecule has 1 fully saturated rings. The Morgan fingerprint density at radius 2 is 2.15 bits per heavy atom. The van der Waals surface area contributed by atoms with Gasteiger partial charge < -0.3 is 5.32 Å². The van der Waals surface area contributed by atoms with Crippen molar-refractivity contribution in [2.24, 2.45) is 0 Å². The van der Waals surface area contributed by atoms with Crippen molar-refractivity contribution in [3.63, 3.8) is 0 Å². The van der Waals surface area contributed by atoms with Crippen molar-refractivity contribution >= 4 is 51.7 Å². The molecule has 8 heteroatoms. The van der Waals surface area contributed by atoms with Crippen LogP contribution in [-0.2, 0) is 4.79 Å². The number of rotatable bonds is 5. The van der Waals surface area contributed by atoms with Gasteiger partial charge in [0.1, 0.15) is 15.8 Å². The van der Waals surface area contributed by atoms with Gasteiger partial charge in [0, 0.05) is 18.8 Å². The Hall–Kier alpha value is -2.45. The van der Waals surface area contributed by atoms with E-state index in [1.165, 1.54) is 16.2 Å². The molecular weight excluding hydrogens is 368 g/mol. The molecule has 1 aliphatic heterocycles. The fraction of sp³-hybridized carbons (Fsp3) is 0.222. The minimum Gasteiger partial charge on any atom is -0.366 e. The van der Waals surface area contributed by atoms with Crippen molar-refractivity contribution in [2.75, 3.05) is 11.9 Å². The van der Waals surface area contributed by atoms with E-state index in [9.17, 15) is 9.59 Å². The number of hydrogen-bond donors (Lipinski definition) is 1. The number of carbonyl (C=O) groups excluding carboxylic acids is 1. The molecule has 0 bridgehead atoms. The zero-order valence-electron chi connectivity index (χ0n) is 14.4. The number of pyridine rings is 1. The van der Waals surface area contributed by atoms with Crippen LogP contribution in [0.1, 0.15) is 19.4 Å². The Morgan fingerprint density at radius 1 is 1.38 bits per heavy atom. The van der Waals surface area contributed by atoms with E-state index in [-0.39, 0.29) is 17.5 Å². The van der Waals surface area contributed by atoms with E-state index in [0.29, 0.717) is 32.8 Å². The van der Waals surface area contributed by atoms with Crippen molar-refractivity contribution < 1.29 is 4.79 Å². The van der Waals surface area contributed by atoms with E-state index in [2.05, 4.69) is 16.9 Å². The Balaban J connectivity index is 2.16. The summed E-state index contributed by atoms with van der Waals surface area (Å²) in [4.78, 5) is 32.1. The van der Waals surface area contributed by atoms with Gasteiger partial charge in [0.05, 0.1) is 10.5 Å². The van der Waals surface area contributed by atoms with E-state index in [0.717, 1.165) is 0 Å². The molecule has 3 rings (SSSR count). The van der Waals surface area contributed by atoms with Gasteiger partial charge in [0.25, 0.3) is 11.5 Å². The quantitative estimate of drug-likeness (QED) is 0.484. The molecule has 0 aliphatic carbocycles. The second kappa shape index (κ2) is 7.43. The highest BCUT2D eigenvalue weighted by Gasteiger charge is 2.34. The molecule has 26 heavy (non-hydrogen) atoms. The first-order valence-electron chi connectivity index (χ1n) is 8.07. The molecule has 0 saturated carbocycles. The van der Waals surface area contributed by atoms with E-state index in [1.54, 1.807) is 35.4 Å². The van der Waals surface area contributed by atoms with Gasteiger partial charge >= 0.3 is 0 Å². The van der Waals surface area contributed by atoms with Crippen LogP contribution in [-0.4, -0.2) is 37.1 Å². The molecule has 6 nitrogen and oxygen atoms in total. The third-order valence-corrected chi connectivity index (χ3v) is 5.13. The molecule has 3 heterocycles. The first kappa shape index (κ1) is 18.3. The zero-order valence-corrected chi connectivity index (χ0v) is 16.1. The maximum atomic E-state index is 12.9. The minimum absolute atomic E-state index is 0.0393. The zero-order chi connectivity index (χ0) is 18.8. The summed E-state index contributed by atoms with van der Waals surface area (Å²) in [5.41, 5.74) is 0.590. The summed E-state index contributed by atoms with van der Waals surface area (Å²) < 4.78 is 1.94. The second-order valence-electron chi connectivity index (χ2n) is 5.92. The summed E-state index contributed by atoms with van der Waals surface area (Å²) in [6, 6.07) is 5.28. The number of hydrogen-bond acceptors (Lipinski definition) is 6. The predicted octanol–water partition coefficient (Wildman–Crippen LogP) is 2.90.